The van der Waals surface area contributed by atoms with Gasteiger partial charge in [0.05, 0.1) is 34.8 Å². The van der Waals surface area contributed by atoms with Crippen molar-refractivity contribution in [1.82, 2.24) is 35.0 Å². The van der Waals surface area contributed by atoms with Gasteiger partial charge in [0.2, 0.25) is 5.91 Å². The Morgan fingerprint density at radius 3 is 2.97 bits per heavy atom. The number of hydrogen-bond acceptors (Lipinski definition) is 6. The topological polar surface area (TPSA) is 113 Å². The Hall–Kier alpha value is -3.30. The number of rotatable bonds is 5. The van der Waals surface area contributed by atoms with Crippen molar-refractivity contribution in [2.45, 2.75) is 26.3 Å². The lowest BCUT2D eigenvalue weighted by atomic mass is 9.99. The van der Waals surface area contributed by atoms with Crippen LogP contribution in [0.4, 0.5) is 5.82 Å². The number of fused-ring (bicyclic) bond motifs is 1. The molecule has 9 nitrogen and oxygen atoms in total. The molecule has 164 valence electrons. The van der Waals surface area contributed by atoms with Gasteiger partial charge < -0.3 is 20.2 Å². The van der Waals surface area contributed by atoms with Gasteiger partial charge in [-0.2, -0.15) is 0 Å². The molecule has 0 radical (unpaired) electrons. The van der Waals surface area contributed by atoms with E-state index in [-0.39, 0.29) is 11.8 Å². The molecule has 3 aromatic heterocycles. The number of anilines is 1. The minimum Gasteiger partial charge on any atom is -0.328 e. The van der Waals surface area contributed by atoms with E-state index in [0.717, 1.165) is 53.2 Å². The lowest BCUT2D eigenvalue weighted by Gasteiger charge is -2.21. The Morgan fingerprint density at radius 2 is 2.19 bits per heavy atom. The summed E-state index contributed by atoms with van der Waals surface area (Å²) < 4.78 is 2.01. The molecule has 1 aromatic carbocycles. The highest BCUT2D eigenvalue weighted by molar-refractivity contribution is 6.33. The number of benzene rings is 1. The largest absolute Gasteiger partial charge is 0.328 e. The maximum atomic E-state index is 12.6. The Kier molecular flexibility index (Phi) is 5.59. The molecule has 1 amide bonds. The third kappa shape index (κ3) is 4.21. The number of hydrogen-bond donors (Lipinski definition) is 3. The molecule has 4 heterocycles. The molecule has 3 N–H and O–H groups in total. The molecular weight excluding hydrogens is 428 g/mol. The van der Waals surface area contributed by atoms with Gasteiger partial charge in [-0.15, -0.1) is 10.2 Å². The van der Waals surface area contributed by atoms with E-state index in [2.05, 4.69) is 35.8 Å². The van der Waals surface area contributed by atoms with Gasteiger partial charge in [0.1, 0.15) is 17.5 Å². The zero-order valence-electron chi connectivity index (χ0n) is 17.6. The fourth-order valence-corrected chi connectivity index (χ4v) is 4.22. The molecule has 1 aliphatic rings. The third-order valence-corrected chi connectivity index (χ3v) is 5.97. The van der Waals surface area contributed by atoms with Crippen LogP contribution in [0.3, 0.4) is 0 Å². The first-order chi connectivity index (χ1) is 15.6. The number of nitrogens with zero attached hydrogens (tertiary/aromatic N) is 5. The Bertz CT molecular complexity index is 1270. The molecule has 1 fully saturated rings. The molecule has 0 spiro atoms. The minimum absolute atomic E-state index is 0.0196. The number of aromatic amines is 1. The first-order valence-electron chi connectivity index (χ1n) is 10.6. The number of halogens is 1. The van der Waals surface area contributed by atoms with Crippen molar-refractivity contribution >= 4 is 34.4 Å². The first kappa shape index (κ1) is 20.6. The number of imidazole rings is 1. The lowest BCUT2D eigenvalue weighted by Crippen LogP contribution is -2.37. The van der Waals surface area contributed by atoms with Gasteiger partial charge in [0, 0.05) is 18.3 Å². The molecule has 0 unspecified atom stereocenters. The van der Waals surface area contributed by atoms with E-state index in [1.807, 2.05) is 35.8 Å². The zero-order valence-corrected chi connectivity index (χ0v) is 18.4. The van der Waals surface area contributed by atoms with Gasteiger partial charge in [-0.1, -0.05) is 17.7 Å². The monoisotopic (exact) mass is 450 g/mol. The van der Waals surface area contributed by atoms with Crippen molar-refractivity contribution in [3.8, 4) is 11.1 Å². The molecule has 0 saturated carbocycles. The third-order valence-electron chi connectivity index (χ3n) is 5.67. The van der Waals surface area contributed by atoms with Crippen LogP contribution >= 0.6 is 11.6 Å². The molecule has 1 aliphatic heterocycles. The fourth-order valence-electron chi connectivity index (χ4n) is 4.01. The summed E-state index contributed by atoms with van der Waals surface area (Å²) >= 11 is 6.48. The van der Waals surface area contributed by atoms with E-state index in [1.54, 1.807) is 12.5 Å². The summed E-state index contributed by atoms with van der Waals surface area (Å²) in [7, 11) is 0. The summed E-state index contributed by atoms with van der Waals surface area (Å²) in [5, 5.41) is 14.9. The highest BCUT2D eigenvalue weighted by atomic mass is 35.5. The predicted molar refractivity (Wildman–Crippen MR) is 122 cm³/mol. The van der Waals surface area contributed by atoms with E-state index in [4.69, 9.17) is 11.6 Å². The maximum Gasteiger partial charge on any atom is 0.229 e. The van der Waals surface area contributed by atoms with Crippen molar-refractivity contribution in [1.29, 1.82) is 0 Å². The number of pyridine rings is 1. The first-order valence-corrected chi connectivity index (χ1v) is 10.9. The van der Waals surface area contributed by atoms with E-state index >= 15 is 0 Å². The molecule has 10 heteroatoms. The van der Waals surface area contributed by atoms with Crippen LogP contribution in [0.15, 0.2) is 36.8 Å². The summed E-state index contributed by atoms with van der Waals surface area (Å²) in [6.45, 7) is 4.05. The second-order valence-corrected chi connectivity index (χ2v) is 8.42. The van der Waals surface area contributed by atoms with Gasteiger partial charge >= 0.3 is 0 Å². The molecular formula is C22H23ClN8O. The maximum absolute atomic E-state index is 12.6. The number of piperidine rings is 1. The van der Waals surface area contributed by atoms with Crippen LogP contribution in [-0.2, 0) is 11.3 Å². The molecule has 1 saturated heterocycles. The molecule has 4 aromatic rings. The van der Waals surface area contributed by atoms with E-state index in [9.17, 15) is 4.79 Å². The number of aromatic nitrogens is 6. The fraction of sp³-hybridized carbons (Fsp3) is 0.318. The van der Waals surface area contributed by atoms with Crippen LogP contribution < -0.4 is 10.6 Å². The molecule has 0 bridgehead atoms. The quantitative estimate of drug-likeness (QED) is 0.430. The molecule has 0 aliphatic carbocycles. The van der Waals surface area contributed by atoms with E-state index < -0.39 is 0 Å². The van der Waals surface area contributed by atoms with Crippen molar-refractivity contribution < 1.29 is 4.79 Å². The van der Waals surface area contributed by atoms with Crippen LogP contribution in [0.25, 0.3) is 22.2 Å². The highest BCUT2D eigenvalue weighted by Crippen LogP contribution is 2.31. The highest BCUT2D eigenvalue weighted by Gasteiger charge is 2.21. The molecule has 1 atom stereocenters. The van der Waals surface area contributed by atoms with Crippen molar-refractivity contribution in [2.75, 3.05) is 18.4 Å². The second-order valence-electron chi connectivity index (χ2n) is 8.01. The van der Waals surface area contributed by atoms with Gasteiger partial charge in [-0.25, -0.2) is 9.97 Å². The van der Waals surface area contributed by atoms with E-state index in [1.165, 1.54) is 0 Å². The minimum atomic E-state index is -0.0462. The van der Waals surface area contributed by atoms with Gasteiger partial charge in [-0.3, -0.25) is 4.79 Å². The van der Waals surface area contributed by atoms with Crippen LogP contribution in [0, 0.1) is 12.8 Å². The van der Waals surface area contributed by atoms with Gasteiger partial charge in [-0.05, 0) is 50.1 Å². The summed E-state index contributed by atoms with van der Waals surface area (Å²) in [6, 6.07) is 7.77. The number of H-pyrrole nitrogens is 1. The lowest BCUT2D eigenvalue weighted by molar-refractivity contribution is -0.120. The standard InChI is InChI=1S/C22H23ClN8O/c1-13-27-21(30-29-13)11-31-12-26-18-5-4-14(7-19(18)31)16-8-20(25-10-17(16)23)28-22(32)15-3-2-6-24-9-15/h4-5,7-8,10,12,15,24H,2-3,6,9,11H2,1H3,(H,25,28,32)(H,27,29,30)/t15-/m1/s1. The number of carbonyl (C=O) groups excluding carboxylic acids is 1. The Morgan fingerprint density at radius 1 is 1.28 bits per heavy atom. The van der Waals surface area contributed by atoms with E-state index in [0.29, 0.717) is 23.9 Å². The summed E-state index contributed by atoms with van der Waals surface area (Å²) in [6.07, 6.45) is 5.23. The normalized spacial score (nSPS) is 16.4. The second kappa shape index (κ2) is 8.68. The SMILES string of the molecule is Cc1nnc(Cn2cnc3ccc(-c4cc(NC(=O)[C@@H]5CCCNC5)ncc4Cl)cc32)[nH]1. The molecule has 32 heavy (non-hydrogen) atoms. The Labute approximate surface area is 189 Å². The summed E-state index contributed by atoms with van der Waals surface area (Å²) in [5.41, 5.74) is 3.52. The predicted octanol–water partition coefficient (Wildman–Crippen LogP) is 3.16. The number of carbonyl (C=O) groups is 1. The number of amides is 1. The van der Waals surface area contributed by atoms with Gasteiger partial charge in [0.15, 0.2) is 0 Å². The number of aryl methyl sites for hydroxylation is 1. The molecule has 5 rings (SSSR count). The Balaban J connectivity index is 1.43. The average molecular weight is 451 g/mol. The summed E-state index contributed by atoms with van der Waals surface area (Å²) in [4.78, 5) is 24.5. The average Bonchev–Trinajstić information content (AvgIpc) is 3.41. The van der Waals surface area contributed by atoms with Crippen LogP contribution in [0.5, 0.6) is 0 Å². The van der Waals surface area contributed by atoms with Crippen LogP contribution in [0.1, 0.15) is 24.5 Å². The van der Waals surface area contributed by atoms with Crippen LogP contribution in [0.2, 0.25) is 5.02 Å². The van der Waals surface area contributed by atoms with Crippen LogP contribution in [-0.4, -0.2) is 48.7 Å². The van der Waals surface area contributed by atoms with Gasteiger partial charge in [0.25, 0.3) is 0 Å². The van der Waals surface area contributed by atoms with Crippen molar-refractivity contribution in [2.24, 2.45) is 5.92 Å². The summed E-state index contributed by atoms with van der Waals surface area (Å²) in [5.74, 6) is 1.96. The smallest absolute Gasteiger partial charge is 0.229 e. The van der Waals surface area contributed by atoms with Crippen molar-refractivity contribution in [3.05, 3.63) is 53.5 Å². The van der Waals surface area contributed by atoms with Crippen molar-refractivity contribution in [3.63, 3.8) is 0 Å². The zero-order chi connectivity index (χ0) is 22.1. The number of nitrogens with one attached hydrogen (secondary N) is 3.